The number of aromatic nitrogens is 2. The smallest absolute Gasteiger partial charge is 0.416 e. The summed E-state index contributed by atoms with van der Waals surface area (Å²) in [6, 6.07) is 16.5. The van der Waals surface area contributed by atoms with Gasteiger partial charge in [-0.25, -0.2) is 32.4 Å². The van der Waals surface area contributed by atoms with E-state index < -0.39 is 34.0 Å². The van der Waals surface area contributed by atoms with Crippen molar-refractivity contribution in [1.29, 1.82) is 0 Å². The number of hydrogen-bond donors (Lipinski definition) is 0. The Bertz CT molecular complexity index is 1490. The number of halogens is 1. The van der Waals surface area contributed by atoms with E-state index in [1.807, 2.05) is 68.4 Å². The average Bonchev–Trinajstić information content (AvgIpc) is 3.36. The Balaban J connectivity index is 1.22. The van der Waals surface area contributed by atoms with Crippen molar-refractivity contribution < 1.29 is 22.7 Å². The second-order valence-corrected chi connectivity index (χ2v) is 13.7. The van der Waals surface area contributed by atoms with Gasteiger partial charge in [-0.1, -0.05) is 67.9 Å². The Hall–Kier alpha value is -3.34. The fourth-order valence-electron chi connectivity index (χ4n) is 5.56. The van der Waals surface area contributed by atoms with Crippen LogP contribution in [0.5, 0.6) is 0 Å². The van der Waals surface area contributed by atoms with Crippen LogP contribution in [0.1, 0.15) is 44.0 Å². The standard InChI is InChI=1S/C31H35ClN4O5S/c1-21(2)28(30(37)36-27(19-41-31(36)38)16-22-6-4-3-5-7-22)20-42(39,40)35-14-12-24(13-15-35)29-33-17-25(18-34-29)23-8-10-26(32)11-9-23/h3-11,17-18,21,24,27-28H,12-16,19-20H2,1-2H3. The fraction of sp³-hybridized carbons (Fsp3) is 0.419. The summed E-state index contributed by atoms with van der Waals surface area (Å²) in [4.78, 5) is 36.5. The van der Waals surface area contributed by atoms with Crippen LogP contribution < -0.4 is 0 Å². The van der Waals surface area contributed by atoms with Crippen LogP contribution in [0, 0.1) is 11.8 Å². The van der Waals surface area contributed by atoms with E-state index in [0.29, 0.717) is 43.2 Å². The van der Waals surface area contributed by atoms with E-state index in [0.717, 1.165) is 21.6 Å². The molecule has 3 heterocycles. The number of ether oxygens (including phenoxy) is 1. The van der Waals surface area contributed by atoms with E-state index in [9.17, 15) is 18.0 Å². The largest absolute Gasteiger partial charge is 0.447 e. The van der Waals surface area contributed by atoms with Crippen molar-refractivity contribution in [2.24, 2.45) is 11.8 Å². The first-order valence-electron chi connectivity index (χ1n) is 14.2. The topological polar surface area (TPSA) is 110 Å². The van der Waals surface area contributed by atoms with E-state index in [1.54, 1.807) is 12.4 Å². The zero-order valence-electron chi connectivity index (χ0n) is 23.7. The first-order chi connectivity index (χ1) is 20.1. The molecule has 222 valence electrons. The molecular formula is C31H35ClN4O5S. The Labute approximate surface area is 251 Å². The van der Waals surface area contributed by atoms with Gasteiger partial charge in [0, 0.05) is 42.0 Å². The molecule has 0 spiro atoms. The van der Waals surface area contributed by atoms with Crippen molar-refractivity contribution in [3.63, 3.8) is 0 Å². The highest BCUT2D eigenvalue weighted by Crippen LogP contribution is 2.30. The minimum atomic E-state index is -3.77. The molecule has 5 rings (SSSR count). The quantitative estimate of drug-likeness (QED) is 0.329. The highest BCUT2D eigenvalue weighted by Gasteiger charge is 2.44. The van der Waals surface area contributed by atoms with Crippen LogP contribution >= 0.6 is 11.6 Å². The highest BCUT2D eigenvalue weighted by molar-refractivity contribution is 7.89. The van der Waals surface area contributed by atoms with Crippen molar-refractivity contribution in [3.8, 4) is 11.1 Å². The third-order valence-corrected chi connectivity index (χ3v) is 10.3. The second kappa shape index (κ2) is 12.9. The van der Waals surface area contributed by atoms with Gasteiger partial charge in [0.25, 0.3) is 0 Å². The zero-order valence-corrected chi connectivity index (χ0v) is 25.3. The number of cyclic esters (lactones) is 1. The molecule has 11 heteroatoms. The molecule has 3 aromatic rings. The van der Waals surface area contributed by atoms with Gasteiger partial charge in [0.2, 0.25) is 15.9 Å². The molecule has 9 nitrogen and oxygen atoms in total. The normalized spacial score (nSPS) is 19.2. The van der Waals surface area contributed by atoms with Gasteiger partial charge in [-0.3, -0.25) is 4.79 Å². The van der Waals surface area contributed by atoms with E-state index in [1.165, 1.54) is 4.31 Å². The molecule has 0 radical (unpaired) electrons. The van der Waals surface area contributed by atoms with Crippen molar-refractivity contribution in [2.75, 3.05) is 25.4 Å². The average molecular weight is 611 g/mol. The molecule has 2 fully saturated rings. The van der Waals surface area contributed by atoms with Gasteiger partial charge < -0.3 is 4.74 Å². The molecule has 2 saturated heterocycles. The summed E-state index contributed by atoms with van der Waals surface area (Å²) < 4.78 is 33.8. The Morgan fingerprint density at radius 2 is 1.64 bits per heavy atom. The van der Waals surface area contributed by atoms with Gasteiger partial charge in [-0.15, -0.1) is 0 Å². The molecule has 2 amide bonds. The van der Waals surface area contributed by atoms with E-state index in [2.05, 4.69) is 9.97 Å². The zero-order chi connectivity index (χ0) is 29.9. The van der Waals surface area contributed by atoms with E-state index >= 15 is 0 Å². The monoisotopic (exact) mass is 610 g/mol. The molecule has 0 bridgehead atoms. The third kappa shape index (κ3) is 6.82. The molecule has 2 atom stereocenters. The highest BCUT2D eigenvalue weighted by atomic mass is 35.5. The Morgan fingerprint density at radius 3 is 2.26 bits per heavy atom. The summed E-state index contributed by atoms with van der Waals surface area (Å²) in [7, 11) is -3.77. The van der Waals surface area contributed by atoms with Gasteiger partial charge >= 0.3 is 6.09 Å². The predicted molar refractivity (Wildman–Crippen MR) is 160 cm³/mol. The first-order valence-corrected chi connectivity index (χ1v) is 16.2. The van der Waals surface area contributed by atoms with Crippen LogP contribution in [0.15, 0.2) is 67.0 Å². The molecule has 42 heavy (non-hydrogen) atoms. The Morgan fingerprint density at radius 1 is 1.00 bits per heavy atom. The lowest BCUT2D eigenvalue weighted by molar-refractivity contribution is -0.134. The fourth-order valence-corrected chi connectivity index (χ4v) is 7.64. The number of imide groups is 1. The molecule has 2 aromatic carbocycles. The maximum atomic E-state index is 13.7. The number of amides is 2. The molecule has 0 saturated carbocycles. The molecule has 0 N–H and O–H groups in total. The summed E-state index contributed by atoms with van der Waals surface area (Å²) in [6.07, 6.45) is 4.46. The summed E-state index contributed by atoms with van der Waals surface area (Å²) in [5.41, 5.74) is 2.82. The summed E-state index contributed by atoms with van der Waals surface area (Å²) in [5.74, 6) is -1.29. The van der Waals surface area contributed by atoms with Crippen LogP contribution in [0.4, 0.5) is 4.79 Å². The van der Waals surface area contributed by atoms with Crippen LogP contribution in [-0.4, -0.2) is 71.1 Å². The molecule has 2 aliphatic rings. The Kier molecular flexibility index (Phi) is 9.25. The van der Waals surface area contributed by atoms with Crippen molar-refractivity contribution >= 4 is 33.6 Å². The SMILES string of the molecule is CC(C)C(CS(=O)(=O)N1CCC(c2ncc(-c3ccc(Cl)cc3)cn2)CC1)C(=O)N1C(=O)OCC1Cc1ccccc1. The third-order valence-electron chi connectivity index (χ3n) is 8.09. The van der Waals surface area contributed by atoms with Crippen molar-refractivity contribution in [3.05, 3.63) is 83.4 Å². The minimum Gasteiger partial charge on any atom is -0.447 e. The summed E-state index contributed by atoms with van der Waals surface area (Å²) >= 11 is 5.98. The van der Waals surface area contributed by atoms with Gasteiger partial charge in [0.15, 0.2) is 0 Å². The lowest BCUT2D eigenvalue weighted by atomic mass is 9.95. The van der Waals surface area contributed by atoms with Gasteiger partial charge in [0.05, 0.1) is 17.7 Å². The number of carbonyl (C=O) groups is 2. The molecule has 1 aromatic heterocycles. The molecule has 2 unspecified atom stereocenters. The number of benzene rings is 2. The van der Waals surface area contributed by atoms with Gasteiger partial charge in [-0.05, 0) is 48.4 Å². The number of rotatable bonds is 9. The van der Waals surface area contributed by atoms with Crippen LogP contribution in [0.2, 0.25) is 5.02 Å². The van der Waals surface area contributed by atoms with Gasteiger partial charge in [0.1, 0.15) is 12.4 Å². The van der Waals surface area contributed by atoms with Gasteiger partial charge in [-0.2, -0.15) is 0 Å². The van der Waals surface area contributed by atoms with Crippen molar-refractivity contribution in [1.82, 2.24) is 19.2 Å². The van der Waals surface area contributed by atoms with Crippen LogP contribution in [-0.2, 0) is 26.0 Å². The lowest BCUT2D eigenvalue weighted by Crippen LogP contribution is -2.48. The number of carbonyl (C=O) groups excluding carboxylic acids is 2. The van der Waals surface area contributed by atoms with E-state index in [4.69, 9.17) is 16.3 Å². The van der Waals surface area contributed by atoms with E-state index in [-0.39, 0.29) is 24.2 Å². The predicted octanol–water partition coefficient (Wildman–Crippen LogP) is 5.17. The summed E-state index contributed by atoms with van der Waals surface area (Å²) in [6.45, 7) is 4.34. The minimum absolute atomic E-state index is 0.0383. The van der Waals surface area contributed by atoms with Crippen LogP contribution in [0.3, 0.4) is 0 Å². The number of hydrogen-bond acceptors (Lipinski definition) is 7. The number of piperidine rings is 1. The summed E-state index contributed by atoms with van der Waals surface area (Å²) in [5, 5.41) is 0.660. The molecule has 2 aliphatic heterocycles. The maximum Gasteiger partial charge on any atom is 0.416 e. The first kappa shape index (κ1) is 30.1. The second-order valence-electron chi connectivity index (χ2n) is 11.3. The van der Waals surface area contributed by atoms with Crippen molar-refractivity contribution in [2.45, 2.75) is 45.1 Å². The lowest BCUT2D eigenvalue weighted by Gasteiger charge is -2.33. The number of sulfonamides is 1. The maximum absolute atomic E-state index is 13.7. The molecular weight excluding hydrogens is 576 g/mol. The number of nitrogens with zero attached hydrogens (tertiary/aromatic N) is 4. The van der Waals surface area contributed by atoms with Crippen LogP contribution in [0.25, 0.3) is 11.1 Å². The molecule has 0 aliphatic carbocycles.